The summed E-state index contributed by atoms with van der Waals surface area (Å²) in [5.74, 6) is 2.66. The summed E-state index contributed by atoms with van der Waals surface area (Å²) in [6.45, 7) is 1.68. The Morgan fingerprint density at radius 3 is 2.27 bits per heavy atom. The van der Waals surface area contributed by atoms with E-state index in [1.54, 1.807) is 43.3 Å². The number of carbonyl (C=O) groups excluding carboxylic acids is 2. The van der Waals surface area contributed by atoms with E-state index < -0.39 is 34.8 Å². The summed E-state index contributed by atoms with van der Waals surface area (Å²) >= 11 is 5.97. The Morgan fingerprint density at radius 1 is 1.00 bits per heavy atom. The van der Waals surface area contributed by atoms with E-state index in [0.29, 0.717) is 16.0 Å². The zero-order valence-electron chi connectivity index (χ0n) is 17.8. The maximum absolute atomic E-state index is 15.0. The van der Waals surface area contributed by atoms with Crippen molar-refractivity contribution in [3.05, 3.63) is 94.3 Å². The molecule has 2 aromatic carbocycles. The number of aromatic nitrogens is 1. The number of anilines is 1. The molecule has 0 bridgehead atoms. The van der Waals surface area contributed by atoms with Crippen LogP contribution in [0.3, 0.4) is 0 Å². The van der Waals surface area contributed by atoms with Crippen LogP contribution in [-0.4, -0.2) is 28.9 Å². The predicted octanol–water partition coefficient (Wildman–Crippen LogP) is 5.12. The minimum atomic E-state index is -1.06. The number of hydrogen-bond donors (Lipinski definition) is 0. The lowest BCUT2D eigenvalue weighted by Crippen LogP contribution is -2.60. The van der Waals surface area contributed by atoms with Crippen LogP contribution in [0.2, 0.25) is 5.15 Å². The summed E-state index contributed by atoms with van der Waals surface area (Å²) < 4.78 is 29.9. The number of imide groups is 1. The largest absolute Gasteiger partial charge is 0.332 e. The quantitative estimate of drug-likeness (QED) is 0.390. The molecule has 5 nitrogen and oxygen atoms in total. The van der Waals surface area contributed by atoms with Gasteiger partial charge in [0.15, 0.2) is 11.6 Å². The van der Waals surface area contributed by atoms with Crippen LogP contribution in [0.25, 0.3) is 0 Å². The molecular weight excluding hydrogens is 448 g/mol. The van der Waals surface area contributed by atoms with Gasteiger partial charge in [0.25, 0.3) is 0 Å². The maximum atomic E-state index is 15.0. The molecule has 1 fully saturated rings. The molecule has 1 aromatic heterocycles. The van der Waals surface area contributed by atoms with E-state index in [-0.39, 0.29) is 17.1 Å². The van der Waals surface area contributed by atoms with Crippen molar-refractivity contribution in [3.63, 3.8) is 0 Å². The van der Waals surface area contributed by atoms with Gasteiger partial charge in [0.05, 0.1) is 12.0 Å². The van der Waals surface area contributed by atoms with E-state index in [4.69, 9.17) is 11.6 Å². The Morgan fingerprint density at radius 2 is 1.64 bits per heavy atom. The van der Waals surface area contributed by atoms with Gasteiger partial charge in [0.1, 0.15) is 10.8 Å². The molecule has 0 aliphatic carbocycles. The third-order valence-electron chi connectivity index (χ3n) is 5.68. The summed E-state index contributed by atoms with van der Waals surface area (Å²) in [6, 6.07) is 13.3. The van der Waals surface area contributed by atoms with Crippen LogP contribution in [0.15, 0.2) is 60.8 Å². The molecule has 33 heavy (non-hydrogen) atoms. The van der Waals surface area contributed by atoms with Gasteiger partial charge in [-0.05, 0) is 48.9 Å². The number of urea groups is 1. The number of halogens is 3. The van der Waals surface area contributed by atoms with Gasteiger partial charge in [-0.2, -0.15) is 0 Å². The number of carbonyl (C=O) groups is 2. The highest BCUT2D eigenvalue weighted by atomic mass is 35.5. The molecule has 1 saturated heterocycles. The topological polar surface area (TPSA) is 53.5 Å². The van der Waals surface area contributed by atoms with Gasteiger partial charge < -0.3 is 4.90 Å². The highest BCUT2D eigenvalue weighted by Crippen LogP contribution is 2.39. The molecule has 0 saturated carbocycles. The van der Waals surface area contributed by atoms with Crippen molar-refractivity contribution in [2.75, 3.05) is 11.9 Å². The fourth-order valence-corrected chi connectivity index (χ4v) is 3.90. The molecule has 3 amide bonds. The number of nitrogens with zero attached hydrogens (tertiary/aromatic N) is 3. The van der Waals surface area contributed by atoms with Crippen LogP contribution in [0, 0.1) is 23.5 Å². The Labute approximate surface area is 194 Å². The second-order valence-electron chi connectivity index (χ2n) is 7.79. The molecule has 0 spiro atoms. The molecule has 1 aliphatic rings. The van der Waals surface area contributed by atoms with Crippen molar-refractivity contribution in [2.24, 2.45) is 0 Å². The van der Waals surface area contributed by atoms with Crippen molar-refractivity contribution in [1.29, 1.82) is 0 Å². The lowest BCUT2D eigenvalue weighted by molar-refractivity contribution is -0.122. The van der Waals surface area contributed by atoms with Gasteiger partial charge in [-0.15, -0.1) is 0 Å². The van der Waals surface area contributed by atoms with E-state index in [9.17, 15) is 18.4 Å². The van der Waals surface area contributed by atoms with Gasteiger partial charge in [-0.1, -0.05) is 41.6 Å². The first-order chi connectivity index (χ1) is 15.7. The summed E-state index contributed by atoms with van der Waals surface area (Å²) in [4.78, 5) is 31.8. The van der Waals surface area contributed by atoms with E-state index in [1.807, 2.05) is 6.07 Å². The molecular formula is C25H18ClF2N3O2. The monoisotopic (exact) mass is 465 g/mol. The van der Waals surface area contributed by atoms with Gasteiger partial charge in [-0.3, -0.25) is 4.79 Å². The van der Waals surface area contributed by atoms with Crippen LogP contribution in [0.5, 0.6) is 0 Å². The molecule has 2 heterocycles. The number of pyridine rings is 1. The third kappa shape index (κ3) is 4.18. The number of amides is 3. The van der Waals surface area contributed by atoms with Crippen molar-refractivity contribution in [1.82, 2.24) is 9.88 Å². The van der Waals surface area contributed by atoms with Crippen LogP contribution < -0.4 is 4.90 Å². The Bertz CT molecular complexity index is 1300. The van der Waals surface area contributed by atoms with Crippen molar-refractivity contribution >= 4 is 29.2 Å². The number of rotatable bonds is 2. The van der Waals surface area contributed by atoms with Crippen LogP contribution in [0.1, 0.15) is 30.0 Å². The summed E-state index contributed by atoms with van der Waals surface area (Å²) in [5, 5.41) is 0.203. The average Bonchev–Trinajstić information content (AvgIpc) is 2.78. The van der Waals surface area contributed by atoms with Crippen LogP contribution >= 0.6 is 11.6 Å². The summed E-state index contributed by atoms with van der Waals surface area (Å²) in [6.07, 6.45) is 1.26. The summed E-state index contributed by atoms with van der Waals surface area (Å²) in [5.41, 5.74) is -0.443. The lowest BCUT2D eigenvalue weighted by Gasteiger charge is -2.45. The van der Waals surface area contributed by atoms with Crippen molar-refractivity contribution in [3.8, 4) is 11.8 Å². The number of hydrogen-bond acceptors (Lipinski definition) is 3. The Kier molecular flexibility index (Phi) is 5.88. The molecule has 0 radical (unpaired) electrons. The highest BCUT2D eigenvalue weighted by molar-refractivity contribution is 6.29. The highest BCUT2D eigenvalue weighted by Gasteiger charge is 2.47. The van der Waals surface area contributed by atoms with Gasteiger partial charge in [-0.25, -0.2) is 23.5 Å². The first-order valence-corrected chi connectivity index (χ1v) is 10.4. The second-order valence-corrected chi connectivity index (χ2v) is 8.18. The standard InChI is InChI=1S/C25H18ClF2N3O2/c1-25(18-10-11-29-21(26)14-18)15-22(32)31(24(33)30(25)2)23-19(27)12-17(13-20(23)28)9-8-16-6-4-3-5-7-16/h3-7,10-14H,15H2,1-2H3/t25-/m0/s1. The predicted molar refractivity (Wildman–Crippen MR) is 121 cm³/mol. The minimum Gasteiger partial charge on any atom is -0.317 e. The molecule has 8 heteroatoms. The summed E-state index contributed by atoms with van der Waals surface area (Å²) in [7, 11) is 1.46. The third-order valence-corrected chi connectivity index (χ3v) is 5.88. The van der Waals surface area contributed by atoms with Gasteiger partial charge in [0, 0.05) is 24.4 Å². The molecule has 0 unspecified atom stereocenters. The van der Waals surface area contributed by atoms with Crippen LogP contribution in [-0.2, 0) is 10.3 Å². The average molecular weight is 466 g/mol. The molecule has 3 aromatic rings. The molecule has 1 atom stereocenters. The van der Waals surface area contributed by atoms with Crippen LogP contribution in [0.4, 0.5) is 19.3 Å². The zero-order valence-corrected chi connectivity index (χ0v) is 18.5. The fraction of sp³-hybridized carbons (Fsp3) is 0.160. The Balaban J connectivity index is 1.68. The number of benzene rings is 2. The lowest BCUT2D eigenvalue weighted by atomic mass is 9.85. The molecule has 166 valence electrons. The smallest absolute Gasteiger partial charge is 0.317 e. The van der Waals surface area contributed by atoms with E-state index >= 15 is 0 Å². The SMILES string of the molecule is CN1C(=O)N(c2c(F)cc(C#Cc3ccccc3)cc2F)C(=O)C[C@@]1(C)c1ccnc(Cl)c1. The first kappa shape index (κ1) is 22.4. The van der Waals surface area contributed by atoms with E-state index in [2.05, 4.69) is 16.8 Å². The molecule has 0 N–H and O–H groups in total. The van der Waals surface area contributed by atoms with Gasteiger partial charge >= 0.3 is 6.03 Å². The fourth-order valence-electron chi connectivity index (χ4n) is 3.73. The van der Waals surface area contributed by atoms with E-state index in [1.165, 1.54) is 18.1 Å². The Hall–Kier alpha value is -3.76. The van der Waals surface area contributed by atoms with E-state index in [0.717, 1.165) is 12.1 Å². The maximum Gasteiger partial charge on any atom is 0.332 e. The first-order valence-electron chi connectivity index (χ1n) is 9.99. The van der Waals surface area contributed by atoms with Crippen molar-refractivity contribution in [2.45, 2.75) is 18.9 Å². The minimum absolute atomic E-state index is 0.0825. The second kappa shape index (κ2) is 8.64. The van der Waals surface area contributed by atoms with Crippen molar-refractivity contribution < 1.29 is 18.4 Å². The molecule has 1 aliphatic heterocycles. The molecule has 4 rings (SSSR count). The zero-order chi connectivity index (χ0) is 23.8. The normalized spacial score (nSPS) is 18.2. The van der Waals surface area contributed by atoms with Gasteiger partial charge in [0.2, 0.25) is 5.91 Å².